The minimum atomic E-state index is -0.543. The maximum Gasteiger partial charge on any atom is 0.410 e. The molecule has 1 heterocycles. The molecule has 0 N–H and O–H groups in total. The average molecular weight is 421 g/mol. The van der Waals surface area contributed by atoms with E-state index in [9.17, 15) is 14.4 Å². The first-order valence-electron chi connectivity index (χ1n) is 10.6. The zero-order valence-corrected chi connectivity index (χ0v) is 19.0. The van der Waals surface area contributed by atoms with Crippen molar-refractivity contribution in [2.24, 2.45) is 0 Å². The number of ether oxygens (including phenoxy) is 2. The molecule has 1 aromatic rings. The summed E-state index contributed by atoms with van der Waals surface area (Å²) < 4.78 is 10.8. The van der Waals surface area contributed by atoms with Crippen molar-refractivity contribution in [1.82, 2.24) is 9.80 Å². The summed E-state index contributed by atoms with van der Waals surface area (Å²) in [5, 5.41) is 0. The van der Waals surface area contributed by atoms with Crippen LogP contribution in [0.15, 0.2) is 30.3 Å². The number of piperazine rings is 1. The predicted octanol–water partition coefficient (Wildman–Crippen LogP) is 3.66. The summed E-state index contributed by atoms with van der Waals surface area (Å²) in [5.41, 5.74) is 0.507. The minimum absolute atomic E-state index is 0.124. The maximum absolute atomic E-state index is 12.3. The van der Waals surface area contributed by atoms with Crippen LogP contribution in [0.2, 0.25) is 0 Å². The van der Waals surface area contributed by atoms with Crippen LogP contribution in [0.3, 0.4) is 0 Å². The quantitative estimate of drug-likeness (QED) is 0.497. The largest absolute Gasteiger partial charge is 0.444 e. The Kier molecular flexibility index (Phi) is 11.1. The predicted molar refractivity (Wildman–Crippen MR) is 116 cm³/mol. The van der Waals surface area contributed by atoms with Gasteiger partial charge in [0.05, 0.1) is 19.6 Å². The molecule has 1 saturated heterocycles. The first-order valence-corrected chi connectivity index (χ1v) is 10.6. The van der Waals surface area contributed by atoms with Gasteiger partial charge in [-0.1, -0.05) is 44.2 Å². The Balaban J connectivity index is 0.00000218. The number of Topliss-reactive ketones (excluding diaryl/α,β-unsaturated/α-hetero) is 1. The Morgan fingerprint density at radius 3 is 2.07 bits per heavy atom. The van der Waals surface area contributed by atoms with Crippen LogP contribution in [0.5, 0.6) is 0 Å². The molecular formula is C23H36N2O5. The molecular weight excluding hydrogens is 384 g/mol. The summed E-state index contributed by atoms with van der Waals surface area (Å²) in [6, 6.07) is 9.73. The van der Waals surface area contributed by atoms with Crippen LogP contribution in [-0.4, -0.2) is 66.0 Å². The summed E-state index contributed by atoms with van der Waals surface area (Å²) in [6.07, 6.45) is -0.274. The molecule has 1 aromatic carbocycles. The number of carbonyl (C=O) groups is 3. The van der Waals surface area contributed by atoms with Gasteiger partial charge in [0.15, 0.2) is 0 Å². The second kappa shape index (κ2) is 13.0. The van der Waals surface area contributed by atoms with E-state index in [2.05, 4.69) is 0 Å². The first kappa shape index (κ1) is 25.6. The van der Waals surface area contributed by atoms with Crippen LogP contribution >= 0.6 is 0 Å². The van der Waals surface area contributed by atoms with Crippen molar-refractivity contribution in [3.05, 3.63) is 35.9 Å². The van der Waals surface area contributed by atoms with Crippen LogP contribution in [0.25, 0.3) is 0 Å². The summed E-state index contributed by atoms with van der Waals surface area (Å²) in [6.45, 7) is 11.9. The van der Waals surface area contributed by atoms with E-state index in [1.54, 1.807) is 9.80 Å². The number of hydrogen-bond acceptors (Lipinski definition) is 5. The van der Waals surface area contributed by atoms with E-state index in [0.29, 0.717) is 39.4 Å². The molecule has 2 amide bonds. The monoisotopic (exact) mass is 420 g/mol. The number of ketones is 1. The highest BCUT2D eigenvalue weighted by Crippen LogP contribution is 2.12. The number of amides is 2. The minimum Gasteiger partial charge on any atom is -0.444 e. The molecule has 0 aromatic heterocycles. The van der Waals surface area contributed by atoms with Gasteiger partial charge in [0.1, 0.15) is 11.4 Å². The van der Waals surface area contributed by atoms with Crippen LogP contribution in [0.1, 0.15) is 53.0 Å². The smallest absolute Gasteiger partial charge is 0.410 e. The molecule has 0 spiro atoms. The topological polar surface area (TPSA) is 76.2 Å². The molecule has 1 aliphatic rings. The Hall–Kier alpha value is -2.41. The van der Waals surface area contributed by atoms with Crippen LogP contribution in [0, 0.1) is 0 Å². The van der Waals surface area contributed by atoms with Crippen molar-refractivity contribution in [2.75, 3.05) is 32.8 Å². The zero-order chi connectivity index (χ0) is 22.6. The van der Waals surface area contributed by atoms with Gasteiger partial charge >= 0.3 is 6.09 Å². The molecule has 0 saturated carbocycles. The molecule has 0 bridgehead atoms. The molecule has 2 rings (SSSR count). The summed E-state index contributed by atoms with van der Waals surface area (Å²) in [5.74, 6) is -0.329. The second-order valence-corrected chi connectivity index (χ2v) is 7.85. The lowest BCUT2D eigenvalue weighted by molar-refractivity contribution is -0.137. The molecule has 1 fully saturated rings. The van der Waals surface area contributed by atoms with Crippen molar-refractivity contribution < 1.29 is 23.9 Å². The molecule has 30 heavy (non-hydrogen) atoms. The number of hydrogen-bond donors (Lipinski definition) is 0. The summed E-state index contributed by atoms with van der Waals surface area (Å²) in [4.78, 5) is 39.6. The van der Waals surface area contributed by atoms with E-state index in [1.807, 2.05) is 65.0 Å². The van der Waals surface area contributed by atoms with Crippen LogP contribution in [0.4, 0.5) is 4.79 Å². The van der Waals surface area contributed by atoms with E-state index in [1.165, 1.54) is 0 Å². The van der Waals surface area contributed by atoms with Crippen molar-refractivity contribution >= 4 is 17.8 Å². The molecule has 1 aliphatic heterocycles. The lowest BCUT2D eigenvalue weighted by Gasteiger charge is -2.35. The average Bonchev–Trinajstić information content (AvgIpc) is 2.72. The van der Waals surface area contributed by atoms with Crippen molar-refractivity contribution in [3.8, 4) is 0 Å². The molecule has 0 radical (unpaired) electrons. The van der Waals surface area contributed by atoms with E-state index in [-0.39, 0.29) is 30.6 Å². The third-order valence-corrected chi connectivity index (χ3v) is 4.27. The number of nitrogens with zero attached hydrogens (tertiary/aromatic N) is 2. The number of benzene rings is 1. The highest BCUT2D eigenvalue weighted by molar-refractivity contribution is 5.98. The lowest BCUT2D eigenvalue weighted by atomic mass is 10.2. The molecule has 0 aliphatic carbocycles. The first-order chi connectivity index (χ1) is 14.2. The van der Waals surface area contributed by atoms with Crippen LogP contribution in [-0.2, 0) is 25.7 Å². The SMILES string of the molecule is CC.CC(C)(C)OC(=O)N1CCN(C(=O)CC(=O)CCOCc2ccccc2)CC1. The van der Waals surface area contributed by atoms with Crippen molar-refractivity contribution in [2.45, 2.75) is 59.7 Å². The number of rotatable bonds is 7. The van der Waals surface area contributed by atoms with Crippen molar-refractivity contribution in [3.63, 3.8) is 0 Å². The van der Waals surface area contributed by atoms with Gasteiger partial charge in [0, 0.05) is 32.6 Å². The van der Waals surface area contributed by atoms with Gasteiger partial charge in [-0.25, -0.2) is 4.79 Å². The Morgan fingerprint density at radius 1 is 0.933 bits per heavy atom. The van der Waals surface area contributed by atoms with E-state index < -0.39 is 5.60 Å². The zero-order valence-electron chi connectivity index (χ0n) is 19.0. The Bertz CT molecular complexity index is 662. The fraction of sp³-hybridized carbons (Fsp3) is 0.609. The van der Waals surface area contributed by atoms with Gasteiger partial charge < -0.3 is 19.3 Å². The molecule has 0 atom stereocenters. The molecule has 7 nitrogen and oxygen atoms in total. The molecule has 168 valence electrons. The van der Waals surface area contributed by atoms with E-state index in [0.717, 1.165) is 5.56 Å². The maximum atomic E-state index is 12.3. The van der Waals surface area contributed by atoms with Gasteiger partial charge in [-0.05, 0) is 26.3 Å². The van der Waals surface area contributed by atoms with Crippen LogP contribution < -0.4 is 0 Å². The Morgan fingerprint density at radius 2 is 1.50 bits per heavy atom. The third kappa shape index (κ3) is 9.87. The molecule has 0 unspecified atom stereocenters. The molecule has 7 heteroatoms. The number of carbonyl (C=O) groups excluding carboxylic acids is 3. The Labute approximate surface area is 180 Å². The van der Waals surface area contributed by atoms with Crippen molar-refractivity contribution in [1.29, 1.82) is 0 Å². The highest BCUT2D eigenvalue weighted by atomic mass is 16.6. The van der Waals surface area contributed by atoms with Gasteiger partial charge in [-0.2, -0.15) is 0 Å². The fourth-order valence-electron chi connectivity index (χ4n) is 2.78. The summed E-state index contributed by atoms with van der Waals surface area (Å²) >= 11 is 0. The highest BCUT2D eigenvalue weighted by Gasteiger charge is 2.28. The van der Waals surface area contributed by atoms with Gasteiger partial charge in [0.2, 0.25) is 5.91 Å². The normalized spacial score (nSPS) is 13.9. The van der Waals surface area contributed by atoms with Gasteiger partial charge in [-0.15, -0.1) is 0 Å². The standard InChI is InChI=1S/C21H30N2O5.C2H6/c1-21(2,3)28-20(26)23-12-10-22(11-13-23)19(25)15-18(24)9-14-27-16-17-7-5-4-6-8-17;1-2/h4-8H,9-16H2,1-3H3;1-2H3. The van der Waals surface area contributed by atoms with Gasteiger partial charge in [0.25, 0.3) is 0 Å². The third-order valence-electron chi connectivity index (χ3n) is 4.27. The van der Waals surface area contributed by atoms with Gasteiger partial charge in [-0.3, -0.25) is 9.59 Å². The second-order valence-electron chi connectivity index (χ2n) is 7.85. The van der Waals surface area contributed by atoms with E-state index >= 15 is 0 Å². The summed E-state index contributed by atoms with van der Waals surface area (Å²) in [7, 11) is 0. The van der Waals surface area contributed by atoms with E-state index in [4.69, 9.17) is 9.47 Å². The lowest BCUT2D eigenvalue weighted by Crippen LogP contribution is -2.51. The fourth-order valence-corrected chi connectivity index (χ4v) is 2.78.